The largest absolute Gasteiger partial charge is 0.441 e. The maximum atomic E-state index is 11.9. The third-order valence-corrected chi connectivity index (χ3v) is 2.04. The van der Waals surface area contributed by atoms with Crippen LogP contribution >= 0.6 is 0 Å². The van der Waals surface area contributed by atoms with Crippen LogP contribution in [-0.4, -0.2) is 42.0 Å². The Balaban J connectivity index is 2.89. The molecule has 0 aliphatic rings. The summed E-state index contributed by atoms with van der Waals surface area (Å²) in [5.74, 6) is -0.817. The lowest BCUT2D eigenvalue weighted by Crippen LogP contribution is -2.39. The molecule has 21 heavy (non-hydrogen) atoms. The van der Waals surface area contributed by atoms with Gasteiger partial charge in [0.25, 0.3) is 0 Å². The van der Waals surface area contributed by atoms with Crippen molar-refractivity contribution in [3.05, 3.63) is 24.4 Å². The molecule has 0 saturated carbocycles. The molecule has 0 unspecified atom stereocenters. The summed E-state index contributed by atoms with van der Waals surface area (Å²) < 4.78 is 9.32. The summed E-state index contributed by atoms with van der Waals surface area (Å²) in [4.78, 5) is 49.7. The number of rotatable bonds is 5. The number of ketones is 2. The molecule has 0 bridgehead atoms. The summed E-state index contributed by atoms with van der Waals surface area (Å²) in [6.07, 6.45) is -0.867. The van der Waals surface area contributed by atoms with Crippen LogP contribution in [0, 0.1) is 0 Å². The van der Waals surface area contributed by atoms with E-state index in [9.17, 15) is 19.2 Å². The van der Waals surface area contributed by atoms with Gasteiger partial charge < -0.3 is 9.47 Å². The van der Waals surface area contributed by atoms with Crippen molar-refractivity contribution in [3.63, 3.8) is 0 Å². The third-order valence-electron chi connectivity index (χ3n) is 2.04. The fraction of sp³-hybridized carbons (Fsp3) is 0.308. The van der Waals surface area contributed by atoms with E-state index in [0.29, 0.717) is 4.90 Å². The number of Topliss-reactive ketones (excluding diaryl/α,β-unsaturated/α-hetero) is 2. The number of ether oxygens (including phenoxy) is 2. The fourth-order valence-corrected chi connectivity index (χ4v) is 1.20. The summed E-state index contributed by atoms with van der Waals surface area (Å²) >= 11 is 0. The number of pyridine rings is 1. The van der Waals surface area contributed by atoms with Gasteiger partial charge in [-0.05, 0) is 26.0 Å². The van der Waals surface area contributed by atoms with Crippen molar-refractivity contribution in [2.24, 2.45) is 0 Å². The Bertz CT molecular complexity index is 513. The van der Waals surface area contributed by atoms with E-state index in [0.717, 1.165) is 0 Å². The molecule has 0 aromatic carbocycles. The number of anilines is 1. The van der Waals surface area contributed by atoms with E-state index < -0.39 is 25.4 Å². The van der Waals surface area contributed by atoms with Gasteiger partial charge in [0.1, 0.15) is 5.82 Å². The van der Waals surface area contributed by atoms with E-state index in [1.54, 1.807) is 12.1 Å². The second-order valence-corrected chi connectivity index (χ2v) is 4.04. The minimum Gasteiger partial charge on any atom is -0.441 e. The van der Waals surface area contributed by atoms with Gasteiger partial charge >= 0.3 is 12.2 Å². The highest BCUT2D eigenvalue weighted by Crippen LogP contribution is 2.12. The fourth-order valence-electron chi connectivity index (χ4n) is 1.20. The predicted octanol–water partition coefficient (Wildman–Crippen LogP) is 1.34. The zero-order valence-electron chi connectivity index (χ0n) is 11.6. The van der Waals surface area contributed by atoms with Crippen LogP contribution in [-0.2, 0) is 19.1 Å². The van der Waals surface area contributed by atoms with E-state index in [-0.39, 0.29) is 17.4 Å². The van der Waals surface area contributed by atoms with E-state index >= 15 is 0 Å². The highest BCUT2D eigenvalue weighted by Gasteiger charge is 2.28. The minimum absolute atomic E-state index is 0.0420. The first-order chi connectivity index (χ1) is 9.91. The average molecular weight is 294 g/mol. The van der Waals surface area contributed by atoms with E-state index in [1.807, 2.05) is 0 Å². The second kappa shape index (κ2) is 7.73. The maximum Gasteiger partial charge on any atom is 0.425 e. The first kappa shape index (κ1) is 16.3. The number of hydrogen-bond donors (Lipinski definition) is 0. The first-order valence-corrected chi connectivity index (χ1v) is 5.95. The van der Waals surface area contributed by atoms with Crippen molar-refractivity contribution in [2.45, 2.75) is 13.8 Å². The van der Waals surface area contributed by atoms with Gasteiger partial charge in [-0.1, -0.05) is 6.07 Å². The Morgan fingerprint density at radius 3 is 1.90 bits per heavy atom. The molecule has 0 spiro atoms. The van der Waals surface area contributed by atoms with Crippen molar-refractivity contribution >= 4 is 29.6 Å². The quantitative estimate of drug-likeness (QED) is 0.807. The molecular formula is C13H14N2O6. The predicted molar refractivity (Wildman–Crippen MR) is 70.8 cm³/mol. The van der Waals surface area contributed by atoms with Gasteiger partial charge in [-0.25, -0.2) is 14.6 Å². The van der Waals surface area contributed by atoms with Crippen LogP contribution in [0.3, 0.4) is 0 Å². The second-order valence-electron chi connectivity index (χ2n) is 4.04. The van der Waals surface area contributed by atoms with Crippen molar-refractivity contribution in [2.75, 3.05) is 18.1 Å². The van der Waals surface area contributed by atoms with E-state index in [4.69, 9.17) is 0 Å². The van der Waals surface area contributed by atoms with Gasteiger partial charge in [0.05, 0.1) is 0 Å². The molecule has 0 radical (unpaired) electrons. The van der Waals surface area contributed by atoms with E-state index in [2.05, 4.69) is 14.5 Å². The topological polar surface area (TPSA) is 103 Å². The van der Waals surface area contributed by atoms with Crippen molar-refractivity contribution in [3.8, 4) is 0 Å². The number of amides is 2. The molecular weight excluding hydrogens is 280 g/mol. The van der Waals surface area contributed by atoms with Crippen LogP contribution < -0.4 is 4.90 Å². The number of carbonyl (C=O) groups excluding carboxylic acids is 4. The normalized spacial score (nSPS) is 9.62. The summed E-state index contributed by atoms with van der Waals surface area (Å²) in [6, 6.07) is 4.51. The monoisotopic (exact) mass is 294 g/mol. The number of imide groups is 1. The number of aromatic nitrogens is 1. The van der Waals surface area contributed by atoms with Crippen LogP contribution in [0.4, 0.5) is 15.4 Å². The van der Waals surface area contributed by atoms with Gasteiger partial charge in [0, 0.05) is 6.20 Å². The van der Waals surface area contributed by atoms with Gasteiger partial charge in [-0.2, -0.15) is 4.90 Å². The zero-order valence-corrected chi connectivity index (χ0v) is 11.6. The lowest BCUT2D eigenvalue weighted by molar-refractivity contribution is -0.120. The Hall–Kier alpha value is -2.77. The van der Waals surface area contributed by atoms with Crippen LogP contribution in [0.1, 0.15) is 13.8 Å². The van der Waals surface area contributed by atoms with Crippen LogP contribution in [0.5, 0.6) is 0 Å². The number of carbonyl (C=O) groups is 4. The van der Waals surface area contributed by atoms with Crippen LogP contribution in [0.25, 0.3) is 0 Å². The summed E-state index contributed by atoms with van der Waals surface area (Å²) in [5, 5.41) is 0. The lowest BCUT2D eigenvalue weighted by atomic mass is 10.4. The Morgan fingerprint density at radius 1 is 1.00 bits per heavy atom. The summed E-state index contributed by atoms with van der Waals surface area (Å²) in [6.45, 7) is 1.49. The molecule has 112 valence electrons. The SMILES string of the molecule is CC(=O)COC(=O)N(C(=O)OCC(C)=O)c1ccccn1. The molecule has 8 nitrogen and oxygen atoms in total. The molecule has 0 fully saturated rings. The van der Waals surface area contributed by atoms with Crippen molar-refractivity contribution < 1.29 is 28.7 Å². The molecule has 0 saturated heterocycles. The highest BCUT2D eigenvalue weighted by atomic mass is 16.6. The summed E-state index contributed by atoms with van der Waals surface area (Å²) in [5.41, 5.74) is 0. The molecule has 2 amide bonds. The molecule has 0 aliphatic heterocycles. The van der Waals surface area contributed by atoms with Gasteiger partial charge in [0.2, 0.25) is 0 Å². The molecule has 8 heteroatoms. The van der Waals surface area contributed by atoms with Crippen molar-refractivity contribution in [1.82, 2.24) is 4.98 Å². The van der Waals surface area contributed by atoms with Gasteiger partial charge in [0.15, 0.2) is 24.8 Å². The number of nitrogens with zero attached hydrogens (tertiary/aromatic N) is 2. The summed E-state index contributed by atoms with van der Waals surface area (Å²) in [7, 11) is 0. The molecule has 1 heterocycles. The molecule has 0 aliphatic carbocycles. The Morgan fingerprint density at radius 2 is 1.52 bits per heavy atom. The van der Waals surface area contributed by atoms with Crippen LogP contribution in [0.15, 0.2) is 24.4 Å². The molecule has 1 aromatic heterocycles. The molecule has 0 atom stereocenters. The van der Waals surface area contributed by atoms with E-state index in [1.165, 1.54) is 26.1 Å². The standard InChI is InChI=1S/C13H14N2O6/c1-9(16)7-20-12(18)15(11-5-3-4-6-14-11)13(19)21-8-10(2)17/h3-6H,7-8H2,1-2H3. The third kappa shape index (κ3) is 5.39. The van der Waals surface area contributed by atoms with Crippen LogP contribution in [0.2, 0.25) is 0 Å². The maximum absolute atomic E-state index is 11.9. The zero-order chi connectivity index (χ0) is 15.8. The highest BCUT2D eigenvalue weighted by molar-refractivity contribution is 6.09. The molecule has 1 aromatic rings. The lowest BCUT2D eigenvalue weighted by Gasteiger charge is -2.18. The minimum atomic E-state index is -1.11. The smallest absolute Gasteiger partial charge is 0.425 e. The number of hydrogen-bond acceptors (Lipinski definition) is 7. The Labute approximate surface area is 120 Å². The van der Waals surface area contributed by atoms with Gasteiger partial charge in [-0.15, -0.1) is 0 Å². The Kier molecular flexibility index (Phi) is 5.99. The first-order valence-electron chi connectivity index (χ1n) is 5.95. The van der Waals surface area contributed by atoms with Gasteiger partial charge in [-0.3, -0.25) is 9.59 Å². The molecule has 1 rings (SSSR count). The van der Waals surface area contributed by atoms with Crippen molar-refractivity contribution in [1.29, 1.82) is 0 Å². The molecule has 0 N–H and O–H groups in total. The average Bonchev–Trinajstić information content (AvgIpc) is 2.44.